The van der Waals surface area contributed by atoms with Crippen LogP contribution in [0.4, 0.5) is 5.69 Å². The van der Waals surface area contributed by atoms with Gasteiger partial charge < -0.3 is 19.5 Å². The highest BCUT2D eigenvalue weighted by molar-refractivity contribution is 5.91. The van der Waals surface area contributed by atoms with Gasteiger partial charge in [0.1, 0.15) is 11.5 Å². The molecule has 0 unspecified atom stereocenters. The van der Waals surface area contributed by atoms with E-state index in [4.69, 9.17) is 14.2 Å². The molecule has 1 aromatic carbocycles. The molecule has 0 radical (unpaired) electrons. The van der Waals surface area contributed by atoms with E-state index in [2.05, 4.69) is 10.4 Å². The number of ether oxygens (including phenoxy) is 3. The number of hydrogen-bond donors (Lipinski definition) is 1. The Balaban J connectivity index is 1.48. The maximum atomic E-state index is 12.0. The fourth-order valence-electron chi connectivity index (χ4n) is 2.57. The molecule has 7 nitrogen and oxygen atoms in total. The van der Waals surface area contributed by atoms with E-state index in [0.717, 1.165) is 31.8 Å². The van der Waals surface area contributed by atoms with E-state index in [-0.39, 0.29) is 12.5 Å². The molecule has 1 aromatic heterocycles. The van der Waals surface area contributed by atoms with Crippen LogP contribution in [0.5, 0.6) is 11.5 Å². The van der Waals surface area contributed by atoms with Gasteiger partial charge in [-0.15, -0.1) is 0 Å². The van der Waals surface area contributed by atoms with Gasteiger partial charge in [0.05, 0.1) is 25.0 Å². The SMILES string of the molecule is COc1ccc(OCC(=O)Nc2cnn(C3CCOCC3)c2)cc1. The van der Waals surface area contributed by atoms with E-state index in [1.54, 1.807) is 37.6 Å². The molecule has 7 heteroatoms. The summed E-state index contributed by atoms with van der Waals surface area (Å²) in [6.45, 7) is 1.44. The first kappa shape index (κ1) is 16.3. The van der Waals surface area contributed by atoms with Crippen LogP contribution in [0.15, 0.2) is 36.7 Å². The molecule has 1 N–H and O–H groups in total. The zero-order chi connectivity index (χ0) is 16.8. The summed E-state index contributed by atoms with van der Waals surface area (Å²) in [5, 5.41) is 7.11. The van der Waals surface area contributed by atoms with E-state index in [1.807, 2.05) is 10.9 Å². The highest BCUT2D eigenvalue weighted by Crippen LogP contribution is 2.21. The third kappa shape index (κ3) is 4.26. The molecule has 1 saturated heterocycles. The molecule has 0 atom stereocenters. The Bertz CT molecular complexity index is 663. The minimum atomic E-state index is -0.225. The molecule has 1 aliphatic rings. The molecule has 0 spiro atoms. The molecule has 1 aliphatic heterocycles. The number of benzene rings is 1. The third-order valence-corrected chi connectivity index (χ3v) is 3.88. The van der Waals surface area contributed by atoms with Crippen molar-refractivity contribution < 1.29 is 19.0 Å². The number of rotatable bonds is 6. The van der Waals surface area contributed by atoms with Gasteiger partial charge in [-0.25, -0.2) is 0 Å². The van der Waals surface area contributed by atoms with Crippen molar-refractivity contribution in [1.82, 2.24) is 9.78 Å². The minimum Gasteiger partial charge on any atom is -0.497 e. The van der Waals surface area contributed by atoms with Gasteiger partial charge in [-0.2, -0.15) is 5.10 Å². The summed E-state index contributed by atoms with van der Waals surface area (Å²) >= 11 is 0. The maximum absolute atomic E-state index is 12.0. The molecule has 1 amide bonds. The van der Waals surface area contributed by atoms with Crippen LogP contribution < -0.4 is 14.8 Å². The number of amides is 1. The predicted octanol–water partition coefficient (Wildman–Crippen LogP) is 2.26. The van der Waals surface area contributed by atoms with E-state index in [0.29, 0.717) is 17.5 Å². The van der Waals surface area contributed by atoms with Crippen molar-refractivity contribution in [3.8, 4) is 11.5 Å². The van der Waals surface area contributed by atoms with Gasteiger partial charge in [0.2, 0.25) is 0 Å². The average molecular weight is 331 g/mol. The molecule has 0 aliphatic carbocycles. The van der Waals surface area contributed by atoms with Gasteiger partial charge in [-0.1, -0.05) is 0 Å². The molecule has 1 fully saturated rings. The summed E-state index contributed by atoms with van der Waals surface area (Å²) in [6.07, 6.45) is 5.38. The first-order valence-corrected chi connectivity index (χ1v) is 7.93. The summed E-state index contributed by atoms with van der Waals surface area (Å²) < 4.78 is 17.8. The fourth-order valence-corrected chi connectivity index (χ4v) is 2.57. The van der Waals surface area contributed by atoms with E-state index in [1.165, 1.54) is 0 Å². The molecular weight excluding hydrogens is 310 g/mol. The zero-order valence-corrected chi connectivity index (χ0v) is 13.6. The quantitative estimate of drug-likeness (QED) is 0.879. The first-order chi connectivity index (χ1) is 11.7. The van der Waals surface area contributed by atoms with Gasteiger partial charge in [0, 0.05) is 19.4 Å². The van der Waals surface area contributed by atoms with Crippen LogP contribution in [0.3, 0.4) is 0 Å². The van der Waals surface area contributed by atoms with Crippen molar-refractivity contribution >= 4 is 11.6 Å². The summed E-state index contributed by atoms with van der Waals surface area (Å²) in [5.41, 5.74) is 0.671. The van der Waals surface area contributed by atoms with Crippen LogP contribution in [-0.4, -0.2) is 42.6 Å². The second-order valence-electron chi connectivity index (χ2n) is 5.56. The van der Waals surface area contributed by atoms with Crippen molar-refractivity contribution in [2.75, 3.05) is 32.2 Å². The Hall–Kier alpha value is -2.54. The van der Waals surface area contributed by atoms with Crippen LogP contribution in [0.25, 0.3) is 0 Å². The molecule has 0 saturated carbocycles. The van der Waals surface area contributed by atoms with Gasteiger partial charge in [-0.3, -0.25) is 9.48 Å². The van der Waals surface area contributed by atoms with Crippen molar-refractivity contribution in [2.24, 2.45) is 0 Å². The van der Waals surface area contributed by atoms with Crippen LogP contribution in [-0.2, 0) is 9.53 Å². The van der Waals surface area contributed by atoms with E-state index < -0.39 is 0 Å². The second kappa shape index (κ2) is 7.83. The molecule has 128 valence electrons. The molecule has 2 heterocycles. The number of anilines is 1. The minimum absolute atomic E-state index is 0.0607. The number of carbonyl (C=O) groups excluding carboxylic acids is 1. The third-order valence-electron chi connectivity index (χ3n) is 3.88. The Morgan fingerprint density at radius 1 is 1.29 bits per heavy atom. The Kier molecular flexibility index (Phi) is 5.32. The number of carbonyl (C=O) groups is 1. The van der Waals surface area contributed by atoms with Crippen molar-refractivity contribution in [3.63, 3.8) is 0 Å². The highest BCUT2D eigenvalue weighted by Gasteiger charge is 2.16. The molecule has 3 rings (SSSR count). The lowest BCUT2D eigenvalue weighted by Crippen LogP contribution is -2.21. The topological polar surface area (TPSA) is 74.6 Å². The lowest BCUT2D eigenvalue weighted by Gasteiger charge is -2.22. The molecule has 2 aromatic rings. The average Bonchev–Trinajstić information content (AvgIpc) is 3.09. The van der Waals surface area contributed by atoms with Gasteiger partial charge in [0.25, 0.3) is 5.91 Å². The normalized spacial score (nSPS) is 15.0. The van der Waals surface area contributed by atoms with Gasteiger partial charge in [-0.05, 0) is 37.1 Å². The zero-order valence-electron chi connectivity index (χ0n) is 13.6. The van der Waals surface area contributed by atoms with E-state index >= 15 is 0 Å². The first-order valence-electron chi connectivity index (χ1n) is 7.93. The highest BCUT2D eigenvalue weighted by atomic mass is 16.5. The second-order valence-corrected chi connectivity index (χ2v) is 5.56. The number of hydrogen-bond acceptors (Lipinski definition) is 5. The van der Waals surface area contributed by atoms with Gasteiger partial charge >= 0.3 is 0 Å². The lowest BCUT2D eigenvalue weighted by atomic mass is 10.1. The molecular formula is C17H21N3O4. The fraction of sp³-hybridized carbons (Fsp3) is 0.412. The predicted molar refractivity (Wildman–Crippen MR) is 88.4 cm³/mol. The van der Waals surface area contributed by atoms with E-state index in [9.17, 15) is 4.79 Å². The van der Waals surface area contributed by atoms with Crippen molar-refractivity contribution in [1.29, 1.82) is 0 Å². The summed E-state index contributed by atoms with van der Waals surface area (Å²) in [4.78, 5) is 12.0. The van der Waals surface area contributed by atoms with Crippen LogP contribution in [0, 0.1) is 0 Å². The Labute approximate surface area is 140 Å². The van der Waals surface area contributed by atoms with Crippen LogP contribution >= 0.6 is 0 Å². The smallest absolute Gasteiger partial charge is 0.262 e. The van der Waals surface area contributed by atoms with Crippen LogP contribution in [0.2, 0.25) is 0 Å². The standard InChI is InChI=1S/C17H21N3O4/c1-22-15-2-4-16(5-3-15)24-12-17(21)19-13-10-18-20(11-13)14-6-8-23-9-7-14/h2-5,10-11,14H,6-9,12H2,1H3,(H,19,21). The molecule has 24 heavy (non-hydrogen) atoms. The van der Waals surface area contributed by atoms with Crippen LogP contribution in [0.1, 0.15) is 18.9 Å². The molecule has 0 bridgehead atoms. The summed E-state index contributed by atoms with van der Waals surface area (Å²) in [6, 6.07) is 7.42. The largest absolute Gasteiger partial charge is 0.497 e. The Morgan fingerprint density at radius 3 is 2.71 bits per heavy atom. The summed E-state index contributed by atoms with van der Waals surface area (Å²) in [7, 11) is 1.60. The lowest BCUT2D eigenvalue weighted by molar-refractivity contribution is -0.118. The number of aromatic nitrogens is 2. The van der Waals surface area contributed by atoms with Crippen molar-refractivity contribution in [3.05, 3.63) is 36.7 Å². The Morgan fingerprint density at radius 2 is 2.00 bits per heavy atom. The summed E-state index contributed by atoms with van der Waals surface area (Å²) in [5.74, 6) is 1.13. The number of nitrogens with one attached hydrogen (secondary N) is 1. The monoisotopic (exact) mass is 331 g/mol. The maximum Gasteiger partial charge on any atom is 0.262 e. The number of methoxy groups -OCH3 is 1. The van der Waals surface area contributed by atoms with Gasteiger partial charge in [0.15, 0.2) is 6.61 Å². The van der Waals surface area contributed by atoms with Crippen molar-refractivity contribution in [2.45, 2.75) is 18.9 Å². The number of nitrogens with zero attached hydrogens (tertiary/aromatic N) is 2.